The normalized spacial score (nSPS) is 13.3. The minimum Gasteiger partial charge on any atom is -0.324 e. The van der Waals surface area contributed by atoms with Crippen LogP contribution < -0.4 is 5.32 Å². The standard InChI is InChI=1S/C27H29F4N3O3S.C3H4/c1-5-22(28)14-11-19(2)20(3)26(21-12-15-24(16-13-21)38(4,36)37)33-34(18-27(29,30)31)17-25(35)32-23-9-7-6-8-10-23;1-3-2/h5-16,20H,1,17-18H2,2-4H3,(H,32,35);1H,2H3/b19-11+,22-14+,33-26+;. The lowest BCUT2D eigenvalue weighted by atomic mass is 9.92. The molecule has 0 radical (unpaired) electrons. The maximum Gasteiger partial charge on any atom is 0.407 e. The average molecular weight is 592 g/mol. The molecule has 0 aromatic heterocycles. The molecule has 11 heteroatoms. The molecule has 220 valence electrons. The number of carbonyl (C=O) groups excluding carboxylic acids is 1. The molecule has 1 amide bonds. The molecular formula is C30H33F4N3O3S. The highest BCUT2D eigenvalue weighted by Crippen LogP contribution is 2.23. The molecule has 0 saturated heterocycles. The van der Waals surface area contributed by atoms with Gasteiger partial charge < -0.3 is 5.32 Å². The second-order valence-corrected chi connectivity index (χ2v) is 10.8. The van der Waals surface area contributed by atoms with Gasteiger partial charge in [-0.2, -0.15) is 18.3 Å². The Morgan fingerprint density at radius 3 is 2.20 bits per heavy atom. The number of rotatable bonds is 11. The van der Waals surface area contributed by atoms with Gasteiger partial charge in [0.25, 0.3) is 0 Å². The van der Waals surface area contributed by atoms with Gasteiger partial charge in [0.05, 0.1) is 10.6 Å². The quantitative estimate of drug-likeness (QED) is 0.106. The average Bonchev–Trinajstić information content (AvgIpc) is 2.89. The number of carbonyl (C=O) groups is 1. The molecule has 0 spiro atoms. The number of amides is 1. The van der Waals surface area contributed by atoms with Crippen molar-refractivity contribution in [2.24, 2.45) is 11.0 Å². The molecule has 2 aromatic rings. The van der Waals surface area contributed by atoms with Crippen LogP contribution in [0, 0.1) is 18.3 Å². The number of allylic oxidation sites excluding steroid dienone is 5. The van der Waals surface area contributed by atoms with Gasteiger partial charge in [0, 0.05) is 17.9 Å². The molecule has 2 aromatic carbocycles. The SMILES string of the molecule is C#CC.C=C/C(F)=C\C=C(/C)C(C)/C(=N\N(CC(=O)Nc1ccccc1)CC(F)(F)F)c1ccc(S(C)(=O)=O)cc1. The van der Waals surface area contributed by atoms with Crippen LogP contribution in [0.3, 0.4) is 0 Å². The molecular weight excluding hydrogens is 558 g/mol. The van der Waals surface area contributed by atoms with E-state index in [2.05, 4.69) is 29.3 Å². The van der Waals surface area contributed by atoms with Gasteiger partial charge in [0.2, 0.25) is 5.91 Å². The van der Waals surface area contributed by atoms with E-state index < -0.39 is 46.8 Å². The Kier molecular flexibility index (Phi) is 13.8. The van der Waals surface area contributed by atoms with E-state index in [1.807, 2.05) is 0 Å². The monoisotopic (exact) mass is 591 g/mol. The number of anilines is 1. The predicted octanol–water partition coefficient (Wildman–Crippen LogP) is 6.56. The Balaban J connectivity index is 0.00000268. The summed E-state index contributed by atoms with van der Waals surface area (Å²) in [5.74, 6) is 0.288. The fraction of sp³-hybridized carbons (Fsp3) is 0.267. The van der Waals surface area contributed by atoms with Crippen molar-refractivity contribution in [3.05, 3.63) is 96.4 Å². The van der Waals surface area contributed by atoms with Gasteiger partial charge in [-0.15, -0.1) is 12.3 Å². The summed E-state index contributed by atoms with van der Waals surface area (Å²) >= 11 is 0. The highest BCUT2D eigenvalue weighted by Gasteiger charge is 2.32. The first-order valence-corrected chi connectivity index (χ1v) is 14.1. The topological polar surface area (TPSA) is 78.8 Å². The number of halogens is 4. The summed E-state index contributed by atoms with van der Waals surface area (Å²) in [4.78, 5) is 12.6. The fourth-order valence-electron chi connectivity index (χ4n) is 3.28. The maximum atomic E-state index is 13.6. The van der Waals surface area contributed by atoms with Gasteiger partial charge in [0.15, 0.2) is 9.84 Å². The molecule has 1 unspecified atom stereocenters. The van der Waals surface area contributed by atoms with Gasteiger partial charge in [-0.25, -0.2) is 12.8 Å². The van der Waals surface area contributed by atoms with Gasteiger partial charge >= 0.3 is 6.18 Å². The van der Waals surface area contributed by atoms with Gasteiger partial charge in [-0.3, -0.25) is 9.80 Å². The van der Waals surface area contributed by atoms with E-state index in [-0.39, 0.29) is 10.6 Å². The number of hydrogen-bond donors (Lipinski definition) is 1. The lowest BCUT2D eigenvalue weighted by Gasteiger charge is -2.24. The Bertz CT molecular complexity index is 1410. The largest absolute Gasteiger partial charge is 0.407 e. The van der Waals surface area contributed by atoms with Crippen LogP contribution in [0.1, 0.15) is 26.3 Å². The lowest BCUT2D eigenvalue weighted by molar-refractivity contribution is -0.147. The molecule has 0 saturated carbocycles. The number of hydrazone groups is 1. The molecule has 2 rings (SSSR count). The van der Waals surface area contributed by atoms with E-state index in [0.29, 0.717) is 21.8 Å². The van der Waals surface area contributed by atoms with E-state index in [1.54, 1.807) is 51.1 Å². The number of para-hydroxylation sites is 1. The summed E-state index contributed by atoms with van der Waals surface area (Å²) in [6, 6.07) is 13.7. The van der Waals surface area contributed by atoms with Gasteiger partial charge in [-0.1, -0.05) is 55.5 Å². The predicted molar refractivity (Wildman–Crippen MR) is 156 cm³/mol. The Labute approximate surface area is 239 Å². The molecule has 0 aliphatic rings. The number of benzene rings is 2. The summed E-state index contributed by atoms with van der Waals surface area (Å²) in [7, 11) is -3.52. The minimum atomic E-state index is -4.67. The van der Waals surface area contributed by atoms with Crippen molar-refractivity contribution in [3.63, 3.8) is 0 Å². The zero-order valence-electron chi connectivity index (χ0n) is 23.2. The van der Waals surface area contributed by atoms with Crippen molar-refractivity contribution in [1.82, 2.24) is 5.01 Å². The molecule has 41 heavy (non-hydrogen) atoms. The van der Waals surface area contributed by atoms with E-state index >= 15 is 0 Å². The summed E-state index contributed by atoms with van der Waals surface area (Å²) in [5.41, 5.74) is 1.42. The fourth-order valence-corrected chi connectivity index (χ4v) is 3.91. The molecule has 1 N–H and O–H groups in total. The van der Waals surface area contributed by atoms with Crippen LogP contribution in [0.5, 0.6) is 0 Å². The zero-order chi connectivity index (χ0) is 31.2. The van der Waals surface area contributed by atoms with E-state index in [4.69, 9.17) is 0 Å². The third-order valence-electron chi connectivity index (χ3n) is 5.37. The molecule has 0 aliphatic heterocycles. The van der Waals surface area contributed by atoms with E-state index in [0.717, 1.165) is 18.4 Å². The molecule has 6 nitrogen and oxygen atoms in total. The molecule has 0 fully saturated rings. The van der Waals surface area contributed by atoms with Crippen molar-refractivity contribution in [3.8, 4) is 12.3 Å². The van der Waals surface area contributed by atoms with Crippen LogP contribution in [0.25, 0.3) is 0 Å². The number of hydrogen-bond acceptors (Lipinski definition) is 5. The Hall–Kier alpha value is -4.17. The summed E-state index contributed by atoms with van der Waals surface area (Å²) in [6.07, 6.45) is 4.56. The molecule has 1 atom stereocenters. The third kappa shape index (κ3) is 13.2. The molecule has 0 heterocycles. The van der Waals surface area contributed by atoms with E-state index in [1.165, 1.54) is 30.3 Å². The van der Waals surface area contributed by atoms with Crippen molar-refractivity contribution in [2.45, 2.75) is 31.8 Å². The molecule has 0 aliphatic carbocycles. The van der Waals surface area contributed by atoms with Crippen LogP contribution in [0.4, 0.5) is 23.2 Å². The van der Waals surface area contributed by atoms with Gasteiger partial charge in [-0.05, 0) is 55.8 Å². The number of sulfone groups is 1. The van der Waals surface area contributed by atoms with E-state index in [9.17, 15) is 30.8 Å². The van der Waals surface area contributed by atoms with Crippen LogP contribution in [-0.2, 0) is 14.6 Å². The first-order chi connectivity index (χ1) is 19.1. The van der Waals surface area contributed by atoms with Crippen LogP contribution in [0.2, 0.25) is 0 Å². The third-order valence-corrected chi connectivity index (χ3v) is 6.49. The van der Waals surface area contributed by atoms with Crippen molar-refractivity contribution >= 4 is 27.1 Å². The summed E-state index contributed by atoms with van der Waals surface area (Å²) in [5, 5.41) is 7.35. The summed E-state index contributed by atoms with van der Waals surface area (Å²) < 4.78 is 77.7. The highest BCUT2D eigenvalue weighted by atomic mass is 32.2. The maximum absolute atomic E-state index is 13.6. The van der Waals surface area contributed by atoms with Crippen molar-refractivity contribution in [1.29, 1.82) is 0 Å². The zero-order valence-corrected chi connectivity index (χ0v) is 24.1. The smallest absolute Gasteiger partial charge is 0.324 e. The van der Waals surface area contributed by atoms with Crippen LogP contribution >= 0.6 is 0 Å². The highest BCUT2D eigenvalue weighted by molar-refractivity contribution is 7.90. The Morgan fingerprint density at radius 1 is 1.15 bits per heavy atom. The first kappa shape index (κ1) is 34.9. The number of alkyl halides is 3. The Morgan fingerprint density at radius 2 is 1.71 bits per heavy atom. The van der Waals surface area contributed by atoms with Gasteiger partial charge in [0.1, 0.15) is 18.9 Å². The summed E-state index contributed by atoms with van der Waals surface area (Å²) in [6.45, 7) is 6.06. The van der Waals surface area contributed by atoms with Crippen LogP contribution in [0.15, 0.2) is 101 Å². The number of terminal acetylenes is 1. The van der Waals surface area contributed by atoms with Crippen molar-refractivity contribution < 1.29 is 30.8 Å². The first-order valence-electron chi connectivity index (χ1n) is 12.2. The lowest BCUT2D eigenvalue weighted by Crippen LogP contribution is -2.37. The minimum absolute atomic E-state index is 0.0193. The number of nitrogens with one attached hydrogen (secondary N) is 1. The van der Waals surface area contributed by atoms with Crippen LogP contribution in [-0.4, -0.2) is 50.6 Å². The second kappa shape index (κ2) is 16.2. The second-order valence-electron chi connectivity index (χ2n) is 8.81. The van der Waals surface area contributed by atoms with Crippen molar-refractivity contribution in [2.75, 3.05) is 24.7 Å². The number of nitrogens with zero attached hydrogens (tertiary/aromatic N) is 2. The molecule has 0 bridgehead atoms.